The zero-order valence-electron chi connectivity index (χ0n) is 14.5. The predicted molar refractivity (Wildman–Crippen MR) is 113 cm³/mol. The van der Waals surface area contributed by atoms with Crippen molar-refractivity contribution in [3.8, 4) is 0 Å². The number of hydrogen-bond acceptors (Lipinski definition) is 3. The van der Waals surface area contributed by atoms with Crippen molar-refractivity contribution in [3.05, 3.63) is 28.2 Å². The lowest BCUT2D eigenvalue weighted by Gasteiger charge is -2.17. The number of guanidine groups is 1. The highest BCUT2D eigenvalue weighted by molar-refractivity contribution is 14.0. The van der Waals surface area contributed by atoms with Gasteiger partial charge in [0.1, 0.15) is 6.54 Å². The van der Waals surface area contributed by atoms with Gasteiger partial charge >= 0.3 is 0 Å². The van der Waals surface area contributed by atoms with E-state index in [1.54, 1.807) is 7.11 Å². The molecule has 0 bridgehead atoms. The van der Waals surface area contributed by atoms with Crippen LogP contribution in [0.2, 0.25) is 0 Å². The van der Waals surface area contributed by atoms with Crippen molar-refractivity contribution in [2.24, 2.45) is 4.99 Å². The zero-order valence-corrected chi connectivity index (χ0v) is 18.4. The number of rotatable bonds is 7. The number of aliphatic imine (C=N–C) groups is 1. The van der Waals surface area contributed by atoms with Gasteiger partial charge in [-0.1, -0.05) is 22.0 Å². The van der Waals surface area contributed by atoms with Gasteiger partial charge in [-0.25, -0.2) is 4.99 Å². The second-order valence-corrected chi connectivity index (χ2v) is 6.12. The lowest BCUT2D eigenvalue weighted by Crippen LogP contribution is -2.44. The van der Waals surface area contributed by atoms with Crippen molar-refractivity contribution < 1.29 is 9.53 Å². The molecule has 0 fully saturated rings. The highest BCUT2D eigenvalue weighted by Gasteiger charge is 2.07. The summed E-state index contributed by atoms with van der Waals surface area (Å²) in [4.78, 5) is 16.4. The number of carbonyl (C=O) groups is 1. The standard InChI is InChI=1S/C16H25BrN4O2.HI/c1-5-18-16(20-12(3)10-23-4)19-9-15(22)21-14-8-13(17)7-6-11(14)2;/h6-8,12H,5,9-10H2,1-4H3,(H,21,22)(H2,18,19,20);1H. The number of amides is 1. The van der Waals surface area contributed by atoms with E-state index in [1.165, 1.54) is 0 Å². The Labute approximate surface area is 169 Å². The first-order chi connectivity index (χ1) is 11.0. The van der Waals surface area contributed by atoms with Crippen molar-refractivity contribution in [3.63, 3.8) is 0 Å². The van der Waals surface area contributed by atoms with E-state index in [4.69, 9.17) is 4.74 Å². The van der Waals surface area contributed by atoms with E-state index >= 15 is 0 Å². The minimum Gasteiger partial charge on any atom is -0.383 e. The molecule has 1 aromatic carbocycles. The van der Waals surface area contributed by atoms with E-state index in [2.05, 4.69) is 36.9 Å². The normalized spacial score (nSPS) is 12.1. The fraction of sp³-hybridized carbons (Fsp3) is 0.500. The molecule has 0 radical (unpaired) electrons. The molecule has 0 saturated carbocycles. The van der Waals surface area contributed by atoms with Crippen LogP contribution in [0.5, 0.6) is 0 Å². The number of carbonyl (C=O) groups excluding carboxylic acids is 1. The quantitative estimate of drug-likeness (QED) is 0.298. The van der Waals surface area contributed by atoms with Gasteiger partial charge in [0.05, 0.1) is 6.61 Å². The largest absolute Gasteiger partial charge is 0.383 e. The predicted octanol–water partition coefficient (Wildman–Crippen LogP) is 2.90. The summed E-state index contributed by atoms with van der Waals surface area (Å²) in [5, 5.41) is 9.16. The molecule has 1 aromatic rings. The van der Waals surface area contributed by atoms with Crippen LogP contribution in [-0.2, 0) is 9.53 Å². The van der Waals surface area contributed by atoms with Gasteiger partial charge in [0.15, 0.2) is 5.96 Å². The van der Waals surface area contributed by atoms with Crippen molar-refractivity contribution in [2.75, 3.05) is 32.1 Å². The molecule has 136 valence electrons. The highest BCUT2D eigenvalue weighted by Crippen LogP contribution is 2.20. The summed E-state index contributed by atoms with van der Waals surface area (Å²) in [5.41, 5.74) is 1.79. The van der Waals surface area contributed by atoms with Gasteiger partial charge in [-0.15, -0.1) is 24.0 Å². The molecule has 0 aliphatic rings. The Bertz CT molecular complexity index is 555. The van der Waals surface area contributed by atoms with E-state index in [9.17, 15) is 4.79 Å². The fourth-order valence-electron chi connectivity index (χ4n) is 1.91. The number of hydrogen-bond donors (Lipinski definition) is 3. The van der Waals surface area contributed by atoms with E-state index in [0.717, 1.165) is 22.3 Å². The molecule has 1 atom stereocenters. The molecule has 0 heterocycles. The molecule has 8 heteroatoms. The highest BCUT2D eigenvalue weighted by atomic mass is 127. The van der Waals surface area contributed by atoms with Gasteiger partial charge in [-0.05, 0) is 38.5 Å². The lowest BCUT2D eigenvalue weighted by molar-refractivity contribution is -0.114. The number of benzene rings is 1. The van der Waals surface area contributed by atoms with Crippen LogP contribution in [0.15, 0.2) is 27.7 Å². The first kappa shape index (κ1) is 23.1. The third-order valence-electron chi connectivity index (χ3n) is 3.00. The molecule has 1 rings (SSSR count). The van der Waals surface area contributed by atoms with E-state index in [0.29, 0.717) is 12.6 Å². The molecule has 0 aliphatic heterocycles. The topological polar surface area (TPSA) is 74.8 Å². The first-order valence-electron chi connectivity index (χ1n) is 7.56. The number of methoxy groups -OCH3 is 1. The molecule has 24 heavy (non-hydrogen) atoms. The molecule has 1 amide bonds. The Morgan fingerprint density at radius 3 is 2.75 bits per heavy atom. The number of nitrogens with zero attached hydrogens (tertiary/aromatic N) is 1. The van der Waals surface area contributed by atoms with E-state index in [-0.39, 0.29) is 42.5 Å². The number of aryl methyl sites for hydroxylation is 1. The second kappa shape index (κ2) is 12.5. The maximum atomic E-state index is 12.1. The minimum atomic E-state index is -0.164. The summed E-state index contributed by atoms with van der Waals surface area (Å²) in [6.45, 7) is 7.24. The third kappa shape index (κ3) is 8.84. The van der Waals surface area contributed by atoms with Gasteiger partial charge in [0, 0.05) is 29.9 Å². The Kier molecular flexibility index (Phi) is 12.0. The van der Waals surface area contributed by atoms with Crippen LogP contribution in [0.3, 0.4) is 0 Å². The van der Waals surface area contributed by atoms with Gasteiger partial charge < -0.3 is 20.7 Å². The van der Waals surface area contributed by atoms with Gasteiger partial charge in [0.25, 0.3) is 0 Å². The van der Waals surface area contributed by atoms with Crippen LogP contribution in [-0.4, -0.2) is 44.7 Å². The third-order valence-corrected chi connectivity index (χ3v) is 3.49. The summed E-state index contributed by atoms with van der Waals surface area (Å²) < 4.78 is 6.00. The molecule has 0 aromatic heterocycles. The maximum absolute atomic E-state index is 12.1. The van der Waals surface area contributed by atoms with Crippen LogP contribution in [0.25, 0.3) is 0 Å². The van der Waals surface area contributed by atoms with Crippen LogP contribution in [0.1, 0.15) is 19.4 Å². The average Bonchev–Trinajstić information content (AvgIpc) is 2.49. The van der Waals surface area contributed by atoms with Crippen molar-refractivity contribution in [1.82, 2.24) is 10.6 Å². The summed E-state index contributed by atoms with van der Waals surface area (Å²) in [5.74, 6) is 0.431. The molecule has 6 nitrogen and oxygen atoms in total. The monoisotopic (exact) mass is 512 g/mol. The molecular weight excluding hydrogens is 487 g/mol. The second-order valence-electron chi connectivity index (χ2n) is 5.20. The Balaban J connectivity index is 0.00000529. The molecule has 0 spiro atoms. The van der Waals surface area contributed by atoms with Gasteiger partial charge in [0.2, 0.25) is 5.91 Å². The average molecular weight is 513 g/mol. The van der Waals surface area contributed by atoms with Crippen molar-refractivity contribution in [2.45, 2.75) is 26.8 Å². The summed E-state index contributed by atoms with van der Waals surface area (Å²) in [6, 6.07) is 5.86. The van der Waals surface area contributed by atoms with Crippen LogP contribution >= 0.6 is 39.9 Å². The summed E-state index contributed by atoms with van der Waals surface area (Å²) in [7, 11) is 1.65. The Hall–Kier alpha value is -0.870. The Morgan fingerprint density at radius 1 is 1.42 bits per heavy atom. The van der Waals surface area contributed by atoms with E-state index in [1.807, 2.05) is 39.0 Å². The number of nitrogens with one attached hydrogen (secondary N) is 3. The zero-order chi connectivity index (χ0) is 17.2. The summed E-state index contributed by atoms with van der Waals surface area (Å²) in [6.07, 6.45) is 0. The van der Waals surface area contributed by atoms with Crippen LogP contribution < -0.4 is 16.0 Å². The SMILES string of the molecule is CCNC(=NCC(=O)Nc1cc(Br)ccc1C)NC(C)COC.I. The maximum Gasteiger partial charge on any atom is 0.246 e. The molecular formula is C16H26BrIN4O2. The van der Waals surface area contributed by atoms with Crippen molar-refractivity contribution in [1.29, 1.82) is 0 Å². The summed E-state index contributed by atoms with van der Waals surface area (Å²) >= 11 is 3.40. The van der Waals surface area contributed by atoms with Gasteiger partial charge in [-0.3, -0.25) is 4.79 Å². The fourth-order valence-corrected chi connectivity index (χ4v) is 2.28. The molecule has 0 saturated heterocycles. The number of halogens is 2. The molecule has 1 unspecified atom stereocenters. The minimum absolute atomic E-state index is 0. The number of anilines is 1. The van der Waals surface area contributed by atoms with E-state index < -0.39 is 0 Å². The van der Waals surface area contributed by atoms with Gasteiger partial charge in [-0.2, -0.15) is 0 Å². The van der Waals surface area contributed by atoms with Crippen LogP contribution in [0, 0.1) is 6.92 Å². The molecule has 0 aliphatic carbocycles. The van der Waals surface area contributed by atoms with Crippen LogP contribution in [0.4, 0.5) is 5.69 Å². The number of ether oxygens (including phenoxy) is 1. The van der Waals surface area contributed by atoms with Crippen molar-refractivity contribution >= 4 is 57.5 Å². The Morgan fingerprint density at radius 2 is 2.12 bits per heavy atom. The lowest BCUT2D eigenvalue weighted by atomic mass is 10.2. The first-order valence-corrected chi connectivity index (χ1v) is 8.35. The smallest absolute Gasteiger partial charge is 0.246 e. The molecule has 3 N–H and O–H groups in total.